The van der Waals surface area contributed by atoms with Crippen molar-refractivity contribution < 1.29 is 0 Å². The molecule has 0 atom stereocenters. The molecule has 6 heteroatoms. The van der Waals surface area contributed by atoms with Gasteiger partial charge in [0.15, 0.2) is 0 Å². The molecule has 0 radical (unpaired) electrons. The zero-order valence-electron chi connectivity index (χ0n) is 11.9. The Labute approximate surface area is 142 Å². The van der Waals surface area contributed by atoms with E-state index in [1.54, 1.807) is 29.3 Å². The Kier molecular flexibility index (Phi) is 4.66. The van der Waals surface area contributed by atoms with E-state index in [4.69, 9.17) is 22.3 Å². The third-order valence-corrected chi connectivity index (χ3v) is 5.16. The van der Waals surface area contributed by atoms with Crippen molar-refractivity contribution in [3.05, 3.63) is 52.6 Å². The van der Waals surface area contributed by atoms with Crippen LogP contribution in [0.5, 0.6) is 0 Å². The molecular formula is C16H14ClN3S2. The van der Waals surface area contributed by atoms with Crippen molar-refractivity contribution in [3.63, 3.8) is 0 Å². The zero-order valence-corrected chi connectivity index (χ0v) is 14.3. The number of thioether (sulfide) groups is 1. The number of thiazole rings is 1. The van der Waals surface area contributed by atoms with E-state index in [0.717, 1.165) is 32.5 Å². The van der Waals surface area contributed by atoms with Gasteiger partial charge in [0.1, 0.15) is 10.8 Å². The molecule has 0 saturated heterocycles. The van der Waals surface area contributed by atoms with E-state index in [2.05, 4.69) is 11.2 Å². The van der Waals surface area contributed by atoms with Gasteiger partial charge in [0.2, 0.25) is 0 Å². The standard InChI is InChI=1S/C16H14ClN3S2/c1-21-9-14-20-15(10-3-2-4-12(17)7-10)16(22-14)11-5-6-19-13(18)8-11/h2-8H,9H2,1H3,(H2,18,19). The van der Waals surface area contributed by atoms with Crippen LogP contribution in [0, 0.1) is 0 Å². The predicted molar refractivity (Wildman–Crippen MR) is 97.4 cm³/mol. The van der Waals surface area contributed by atoms with Crippen LogP contribution in [0.4, 0.5) is 5.82 Å². The van der Waals surface area contributed by atoms with E-state index in [-0.39, 0.29) is 0 Å². The number of benzene rings is 1. The summed E-state index contributed by atoms with van der Waals surface area (Å²) >= 11 is 9.57. The van der Waals surface area contributed by atoms with Gasteiger partial charge in [-0.3, -0.25) is 0 Å². The fourth-order valence-electron chi connectivity index (χ4n) is 2.17. The predicted octanol–water partition coefficient (Wildman–Crippen LogP) is 4.97. The van der Waals surface area contributed by atoms with Crippen molar-refractivity contribution in [2.24, 2.45) is 0 Å². The van der Waals surface area contributed by atoms with Gasteiger partial charge in [-0.15, -0.1) is 11.3 Å². The van der Waals surface area contributed by atoms with Crippen LogP contribution in [-0.4, -0.2) is 16.2 Å². The molecular weight excluding hydrogens is 334 g/mol. The van der Waals surface area contributed by atoms with Gasteiger partial charge in [0.05, 0.1) is 10.6 Å². The summed E-state index contributed by atoms with van der Waals surface area (Å²) in [7, 11) is 0. The summed E-state index contributed by atoms with van der Waals surface area (Å²) < 4.78 is 0. The lowest BCUT2D eigenvalue weighted by atomic mass is 10.1. The third kappa shape index (κ3) is 3.27. The Balaban J connectivity index is 2.16. The second kappa shape index (κ2) is 6.69. The highest BCUT2D eigenvalue weighted by atomic mass is 35.5. The molecule has 2 N–H and O–H groups in total. The maximum atomic E-state index is 6.13. The third-order valence-electron chi connectivity index (χ3n) is 3.08. The molecule has 0 aliphatic carbocycles. The van der Waals surface area contributed by atoms with Crippen LogP contribution in [0.3, 0.4) is 0 Å². The summed E-state index contributed by atoms with van der Waals surface area (Å²) in [4.78, 5) is 9.95. The smallest absolute Gasteiger partial charge is 0.123 e. The van der Waals surface area contributed by atoms with Gasteiger partial charge in [-0.1, -0.05) is 23.7 Å². The summed E-state index contributed by atoms with van der Waals surface area (Å²) in [6.07, 6.45) is 3.80. The van der Waals surface area contributed by atoms with Crippen molar-refractivity contribution in [3.8, 4) is 21.7 Å². The fraction of sp³-hybridized carbons (Fsp3) is 0.125. The van der Waals surface area contributed by atoms with Crippen LogP contribution in [0.2, 0.25) is 5.02 Å². The Hall–Kier alpha value is -1.56. The first-order chi connectivity index (χ1) is 10.7. The first-order valence-electron chi connectivity index (χ1n) is 6.64. The Morgan fingerprint density at radius 1 is 1.23 bits per heavy atom. The van der Waals surface area contributed by atoms with E-state index in [9.17, 15) is 0 Å². The van der Waals surface area contributed by atoms with Crippen LogP contribution < -0.4 is 5.73 Å². The van der Waals surface area contributed by atoms with E-state index in [1.165, 1.54) is 0 Å². The molecule has 3 aromatic rings. The lowest BCUT2D eigenvalue weighted by molar-refractivity contribution is 1.27. The van der Waals surface area contributed by atoms with Gasteiger partial charge < -0.3 is 5.73 Å². The summed E-state index contributed by atoms with van der Waals surface area (Å²) in [6, 6.07) is 11.6. The highest BCUT2D eigenvalue weighted by Gasteiger charge is 2.15. The first-order valence-corrected chi connectivity index (χ1v) is 9.22. The van der Waals surface area contributed by atoms with Crippen molar-refractivity contribution in [1.82, 2.24) is 9.97 Å². The summed E-state index contributed by atoms with van der Waals surface area (Å²) in [5.41, 5.74) is 8.82. The average Bonchev–Trinajstić information content (AvgIpc) is 2.92. The Morgan fingerprint density at radius 2 is 2.09 bits per heavy atom. The van der Waals surface area contributed by atoms with E-state index in [0.29, 0.717) is 10.8 Å². The van der Waals surface area contributed by atoms with Gasteiger partial charge in [0, 0.05) is 22.5 Å². The molecule has 0 spiro atoms. The number of nitrogens with zero attached hydrogens (tertiary/aromatic N) is 2. The molecule has 22 heavy (non-hydrogen) atoms. The molecule has 0 bridgehead atoms. The number of nitrogens with two attached hydrogens (primary N) is 1. The number of aromatic nitrogens is 2. The van der Waals surface area contributed by atoms with Crippen molar-refractivity contribution in [2.45, 2.75) is 5.75 Å². The molecule has 0 fully saturated rings. The quantitative estimate of drug-likeness (QED) is 0.723. The van der Waals surface area contributed by atoms with Crippen LogP contribution in [0.1, 0.15) is 5.01 Å². The topological polar surface area (TPSA) is 51.8 Å². The first kappa shape index (κ1) is 15.3. The Morgan fingerprint density at radius 3 is 2.82 bits per heavy atom. The SMILES string of the molecule is CSCc1nc(-c2cccc(Cl)c2)c(-c2ccnc(N)c2)s1. The molecule has 0 unspecified atom stereocenters. The molecule has 3 rings (SSSR count). The zero-order chi connectivity index (χ0) is 15.5. The maximum absolute atomic E-state index is 6.13. The van der Waals surface area contributed by atoms with Gasteiger partial charge in [0.25, 0.3) is 0 Å². The molecule has 2 aromatic heterocycles. The van der Waals surface area contributed by atoms with Gasteiger partial charge in [-0.05, 0) is 36.1 Å². The number of halogens is 1. The number of pyridine rings is 1. The molecule has 0 aliphatic heterocycles. The monoisotopic (exact) mass is 347 g/mol. The lowest BCUT2D eigenvalue weighted by Gasteiger charge is -2.04. The molecule has 112 valence electrons. The Bertz CT molecular complexity index is 739. The molecule has 0 amide bonds. The summed E-state index contributed by atoms with van der Waals surface area (Å²) in [6.45, 7) is 0. The van der Waals surface area contributed by atoms with Crippen LogP contribution >= 0.6 is 34.7 Å². The minimum Gasteiger partial charge on any atom is -0.384 e. The molecule has 0 aliphatic rings. The van der Waals surface area contributed by atoms with Crippen molar-refractivity contribution in [2.75, 3.05) is 12.0 Å². The molecule has 2 heterocycles. The van der Waals surface area contributed by atoms with Crippen molar-refractivity contribution >= 4 is 40.5 Å². The molecule has 0 saturated carbocycles. The maximum Gasteiger partial charge on any atom is 0.123 e. The highest BCUT2D eigenvalue weighted by Crippen LogP contribution is 2.38. The van der Waals surface area contributed by atoms with Gasteiger partial charge in [-0.25, -0.2) is 9.97 Å². The van der Waals surface area contributed by atoms with E-state index >= 15 is 0 Å². The number of nitrogen functional groups attached to an aromatic ring is 1. The van der Waals surface area contributed by atoms with E-state index in [1.807, 2.05) is 36.4 Å². The number of anilines is 1. The largest absolute Gasteiger partial charge is 0.384 e. The second-order valence-corrected chi connectivity index (χ2v) is 7.08. The minimum absolute atomic E-state index is 0.509. The molecule has 1 aromatic carbocycles. The van der Waals surface area contributed by atoms with Crippen molar-refractivity contribution in [1.29, 1.82) is 0 Å². The minimum atomic E-state index is 0.509. The van der Waals surface area contributed by atoms with Crippen LogP contribution in [0.15, 0.2) is 42.6 Å². The van der Waals surface area contributed by atoms with Crippen LogP contribution in [-0.2, 0) is 5.75 Å². The fourth-order valence-corrected chi connectivity index (χ4v) is 4.13. The summed E-state index contributed by atoms with van der Waals surface area (Å²) in [5, 5.41) is 1.80. The average molecular weight is 348 g/mol. The van der Waals surface area contributed by atoms with Gasteiger partial charge in [-0.2, -0.15) is 11.8 Å². The number of rotatable bonds is 4. The number of hydrogen-bond acceptors (Lipinski definition) is 5. The summed E-state index contributed by atoms with van der Waals surface area (Å²) in [5.74, 6) is 1.40. The van der Waals surface area contributed by atoms with E-state index < -0.39 is 0 Å². The number of hydrogen-bond donors (Lipinski definition) is 1. The van der Waals surface area contributed by atoms with Crippen LogP contribution in [0.25, 0.3) is 21.7 Å². The highest BCUT2D eigenvalue weighted by molar-refractivity contribution is 7.97. The normalized spacial score (nSPS) is 10.8. The van der Waals surface area contributed by atoms with Gasteiger partial charge >= 0.3 is 0 Å². The molecule has 3 nitrogen and oxygen atoms in total. The lowest BCUT2D eigenvalue weighted by Crippen LogP contribution is -1.89. The second-order valence-electron chi connectivity index (χ2n) is 4.70.